The summed E-state index contributed by atoms with van der Waals surface area (Å²) in [5.41, 5.74) is 2.98. The Bertz CT molecular complexity index is 642. The number of nitrogens with zero attached hydrogens (tertiary/aromatic N) is 1. The van der Waals surface area contributed by atoms with Crippen molar-refractivity contribution in [3.8, 4) is 5.75 Å². The molecule has 0 radical (unpaired) electrons. The number of phenolic OH excluding ortho intramolecular Hbond substituents is 1. The van der Waals surface area contributed by atoms with Crippen LogP contribution in [-0.2, 0) is 11.2 Å². The topological polar surface area (TPSA) is 62.5 Å². The smallest absolute Gasteiger partial charge is 0.305 e. The summed E-state index contributed by atoms with van der Waals surface area (Å²) >= 11 is 0. The van der Waals surface area contributed by atoms with Gasteiger partial charge in [-0.15, -0.1) is 0 Å². The molecule has 2 heterocycles. The lowest BCUT2D eigenvalue weighted by Gasteiger charge is -2.14. The Labute approximate surface area is 104 Å². The largest absolute Gasteiger partial charge is 0.508 e. The Balaban J connectivity index is 2.21. The van der Waals surface area contributed by atoms with Gasteiger partial charge in [-0.1, -0.05) is 0 Å². The van der Waals surface area contributed by atoms with E-state index in [2.05, 4.69) is 10.6 Å². The molecular formula is C14H15NO3. The number of carboxylic acid groups (broad SMARTS) is 1. The number of hydrogen-bond acceptors (Lipinski definition) is 2. The second-order valence-corrected chi connectivity index (χ2v) is 4.94. The van der Waals surface area contributed by atoms with Crippen LogP contribution in [0.2, 0.25) is 0 Å². The predicted octanol–water partition coefficient (Wildman–Crippen LogP) is 2.62. The van der Waals surface area contributed by atoms with E-state index in [-0.39, 0.29) is 18.2 Å². The number of aliphatic carboxylic acids is 1. The molecule has 0 saturated carbocycles. The Kier molecular flexibility index (Phi) is 2.33. The quantitative estimate of drug-likeness (QED) is 0.854. The summed E-state index contributed by atoms with van der Waals surface area (Å²) in [7, 11) is 0. The molecule has 1 atom stereocenters. The number of aromatic nitrogens is 1. The van der Waals surface area contributed by atoms with Crippen LogP contribution >= 0.6 is 0 Å². The molecule has 94 valence electrons. The fourth-order valence-corrected chi connectivity index (χ4v) is 2.99. The second-order valence-electron chi connectivity index (χ2n) is 4.94. The normalized spacial score (nSPS) is 18.2. The van der Waals surface area contributed by atoms with Gasteiger partial charge in [-0.2, -0.15) is 0 Å². The zero-order valence-electron chi connectivity index (χ0n) is 10.2. The Morgan fingerprint density at radius 3 is 3.00 bits per heavy atom. The third kappa shape index (κ3) is 1.49. The summed E-state index contributed by atoms with van der Waals surface area (Å²) in [4.78, 5) is 10.9. The summed E-state index contributed by atoms with van der Waals surface area (Å²) in [5, 5.41) is 19.9. The number of aryl methyl sites for hydroxylation is 2. The molecule has 4 nitrogen and oxygen atoms in total. The number of phenols is 1. The first kappa shape index (κ1) is 11.1. The maximum absolute atomic E-state index is 10.9. The van der Waals surface area contributed by atoms with E-state index in [0.717, 1.165) is 29.3 Å². The highest BCUT2D eigenvalue weighted by Gasteiger charge is 2.27. The lowest BCUT2D eigenvalue weighted by Crippen LogP contribution is -2.10. The van der Waals surface area contributed by atoms with Crippen LogP contribution < -0.4 is 0 Å². The first-order valence-corrected chi connectivity index (χ1v) is 6.12. The highest BCUT2D eigenvalue weighted by molar-refractivity contribution is 5.87. The van der Waals surface area contributed by atoms with E-state index < -0.39 is 5.97 Å². The minimum atomic E-state index is -0.771. The van der Waals surface area contributed by atoms with Crippen LogP contribution in [0.15, 0.2) is 18.2 Å². The van der Waals surface area contributed by atoms with E-state index in [9.17, 15) is 9.90 Å². The van der Waals surface area contributed by atoms with Gasteiger partial charge in [0.15, 0.2) is 0 Å². The maximum Gasteiger partial charge on any atom is 0.305 e. The van der Waals surface area contributed by atoms with E-state index in [4.69, 9.17) is 5.11 Å². The SMILES string of the molecule is Cc1c(O)ccc2cc3n(c12)C(CC(=O)O)CC3. The van der Waals surface area contributed by atoms with Crippen molar-refractivity contribution >= 4 is 16.9 Å². The summed E-state index contributed by atoms with van der Waals surface area (Å²) < 4.78 is 2.10. The van der Waals surface area contributed by atoms with Gasteiger partial charge in [0.2, 0.25) is 0 Å². The van der Waals surface area contributed by atoms with Gasteiger partial charge in [0.05, 0.1) is 11.9 Å². The average molecular weight is 245 g/mol. The van der Waals surface area contributed by atoms with Gasteiger partial charge in [-0.25, -0.2) is 0 Å². The molecule has 18 heavy (non-hydrogen) atoms. The van der Waals surface area contributed by atoms with Crippen LogP contribution in [-0.4, -0.2) is 20.7 Å². The molecule has 1 unspecified atom stereocenters. The van der Waals surface area contributed by atoms with Crippen molar-refractivity contribution in [1.82, 2.24) is 4.57 Å². The fraction of sp³-hybridized carbons (Fsp3) is 0.357. The third-order valence-electron chi connectivity index (χ3n) is 3.82. The zero-order chi connectivity index (χ0) is 12.9. The highest BCUT2D eigenvalue weighted by Crippen LogP contribution is 2.38. The van der Waals surface area contributed by atoms with Crippen molar-refractivity contribution in [2.45, 2.75) is 32.2 Å². The van der Waals surface area contributed by atoms with Crippen LogP contribution in [0, 0.1) is 6.92 Å². The summed E-state index contributed by atoms with van der Waals surface area (Å²) in [5.74, 6) is -0.503. The van der Waals surface area contributed by atoms with Gasteiger partial charge in [0, 0.05) is 22.7 Å². The van der Waals surface area contributed by atoms with Gasteiger partial charge >= 0.3 is 5.97 Å². The van der Waals surface area contributed by atoms with Crippen molar-refractivity contribution in [1.29, 1.82) is 0 Å². The number of benzene rings is 1. The third-order valence-corrected chi connectivity index (χ3v) is 3.82. The molecule has 2 aromatic rings. The van der Waals surface area contributed by atoms with Crippen molar-refractivity contribution < 1.29 is 15.0 Å². The maximum atomic E-state index is 10.9. The molecule has 0 aliphatic carbocycles. The number of rotatable bonds is 2. The Morgan fingerprint density at radius 2 is 2.28 bits per heavy atom. The van der Waals surface area contributed by atoms with E-state index in [0.29, 0.717) is 0 Å². The minimum Gasteiger partial charge on any atom is -0.508 e. The fourth-order valence-electron chi connectivity index (χ4n) is 2.99. The molecular weight excluding hydrogens is 230 g/mol. The number of hydrogen-bond donors (Lipinski definition) is 2. The second kappa shape index (κ2) is 3.77. The molecule has 0 amide bonds. The highest BCUT2D eigenvalue weighted by atomic mass is 16.4. The van der Waals surface area contributed by atoms with Gasteiger partial charge < -0.3 is 14.8 Å². The van der Waals surface area contributed by atoms with Gasteiger partial charge in [-0.05, 0) is 38.0 Å². The Morgan fingerprint density at radius 1 is 1.50 bits per heavy atom. The van der Waals surface area contributed by atoms with Gasteiger partial charge in [0.1, 0.15) is 5.75 Å². The molecule has 0 spiro atoms. The molecule has 0 fully saturated rings. The van der Waals surface area contributed by atoms with Crippen molar-refractivity contribution in [3.63, 3.8) is 0 Å². The van der Waals surface area contributed by atoms with Crippen molar-refractivity contribution in [2.24, 2.45) is 0 Å². The van der Waals surface area contributed by atoms with Crippen LogP contribution in [0.4, 0.5) is 0 Å². The molecule has 4 heteroatoms. The summed E-state index contributed by atoms with van der Waals surface area (Å²) in [6.07, 6.45) is 1.92. The molecule has 1 aromatic carbocycles. The minimum absolute atomic E-state index is 0.00972. The van der Waals surface area contributed by atoms with E-state index in [1.807, 2.05) is 13.0 Å². The first-order valence-electron chi connectivity index (χ1n) is 6.12. The lowest BCUT2D eigenvalue weighted by molar-refractivity contribution is -0.137. The number of carboxylic acids is 1. The van der Waals surface area contributed by atoms with Crippen LogP contribution in [0.1, 0.15) is 30.1 Å². The van der Waals surface area contributed by atoms with E-state index >= 15 is 0 Å². The molecule has 3 rings (SSSR count). The van der Waals surface area contributed by atoms with E-state index in [1.165, 1.54) is 5.69 Å². The van der Waals surface area contributed by atoms with Crippen LogP contribution in [0.25, 0.3) is 10.9 Å². The standard InChI is InChI=1S/C14H15NO3/c1-8-12(16)5-2-9-6-10-3-4-11(7-13(17)18)15(10)14(8)9/h2,5-6,11,16H,3-4,7H2,1H3,(H,17,18). The molecule has 0 saturated heterocycles. The summed E-state index contributed by atoms with van der Waals surface area (Å²) in [6, 6.07) is 5.69. The average Bonchev–Trinajstić information content (AvgIpc) is 2.83. The van der Waals surface area contributed by atoms with Crippen LogP contribution in [0.3, 0.4) is 0 Å². The molecule has 2 N–H and O–H groups in total. The molecule has 1 aromatic heterocycles. The van der Waals surface area contributed by atoms with Crippen molar-refractivity contribution in [3.05, 3.63) is 29.5 Å². The number of fused-ring (bicyclic) bond motifs is 3. The first-order chi connectivity index (χ1) is 8.58. The van der Waals surface area contributed by atoms with Crippen LogP contribution in [0.5, 0.6) is 5.75 Å². The predicted molar refractivity (Wildman–Crippen MR) is 68.0 cm³/mol. The summed E-state index contributed by atoms with van der Waals surface area (Å²) in [6.45, 7) is 1.88. The zero-order valence-corrected chi connectivity index (χ0v) is 10.2. The van der Waals surface area contributed by atoms with E-state index in [1.54, 1.807) is 6.07 Å². The molecule has 1 aliphatic rings. The Hall–Kier alpha value is -1.97. The van der Waals surface area contributed by atoms with Gasteiger partial charge in [-0.3, -0.25) is 4.79 Å². The lowest BCUT2D eigenvalue weighted by atomic mass is 10.1. The van der Waals surface area contributed by atoms with Gasteiger partial charge in [0.25, 0.3) is 0 Å². The molecule has 0 bridgehead atoms. The number of carbonyl (C=O) groups is 1. The molecule has 1 aliphatic heterocycles. The number of aromatic hydroxyl groups is 1. The monoisotopic (exact) mass is 245 g/mol. The van der Waals surface area contributed by atoms with Crippen molar-refractivity contribution in [2.75, 3.05) is 0 Å².